The molecule has 5 heteroatoms. The summed E-state index contributed by atoms with van der Waals surface area (Å²) in [7, 11) is 0. The highest BCUT2D eigenvalue weighted by Gasteiger charge is 2.19. The molecule has 0 aliphatic carbocycles. The zero-order chi connectivity index (χ0) is 13.3. The Labute approximate surface area is 114 Å². The Bertz CT molecular complexity index is 579. The standard InChI is InChI=1S/C13H13BrFN3/c1-13(2,3)12-17-10(6-11(14)18-12)8-4-5-16-7-9(8)15/h4-7H,1-3H3. The van der Waals surface area contributed by atoms with Gasteiger partial charge in [-0.1, -0.05) is 20.8 Å². The monoisotopic (exact) mass is 309 g/mol. The molecular formula is C13H13BrFN3. The number of hydrogen-bond acceptors (Lipinski definition) is 3. The Morgan fingerprint density at radius 1 is 1.22 bits per heavy atom. The summed E-state index contributed by atoms with van der Waals surface area (Å²) in [5.41, 5.74) is 0.794. The van der Waals surface area contributed by atoms with Crippen LogP contribution in [0.5, 0.6) is 0 Å². The number of pyridine rings is 1. The second-order valence-corrected chi connectivity index (χ2v) is 5.82. The number of halogens is 2. The van der Waals surface area contributed by atoms with E-state index >= 15 is 0 Å². The zero-order valence-corrected chi connectivity index (χ0v) is 12.0. The van der Waals surface area contributed by atoms with Crippen molar-refractivity contribution in [2.45, 2.75) is 26.2 Å². The molecule has 0 atom stereocenters. The van der Waals surface area contributed by atoms with E-state index in [9.17, 15) is 4.39 Å². The van der Waals surface area contributed by atoms with E-state index in [0.29, 0.717) is 21.7 Å². The predicted molar refractivity (Wildman–Crippen MR) is 71.6 cm³/mol. The normalized spacial score (nSPS) is 11.6. The molecule has 3 nitrogen and oxygen atoms in total. The molecule has 0 bridgehead atoms. The average molecular weight is 310 g/mol. The molecule has 2 heterocycles. The SMILES string of the molecule is CC(C)(C)c1nc(Br)cc(-c2ccncc2F)n1. The van der Waals surface area contributed by atoms with Gasteiger partial charge in [-0.25, -0.2) is 14.4 Å². The molecule has 18 heavy (non-hydrogen) atoms. The van der Waals surface area contributed by atoms with Gasteiger partial charge in [-0.15, -0.1) is 0 Å². The molecular weight excluding hydrogens is 297 g/mol. The number of aromatic nitrogens is 3. The molecule has 2 aromatic rings. The molecule has 0 amide bonds. The Morgan fingerprint density at radius 2 is 1.94 bits per heavy atom. The lowest BCUT2D eigenvalue weighted by Crippen LogP contribution is -2.16. The third-order valence-electron chi connectivity index (χ3n) is 2.41. The topological polar surface area (TPSA) is 38.7 Å². The van der Waals surface area contributed by atoms with Gasteiger partial charge in [0.25, 0.3) is 0 Å². The molecule has 0 unspecified atom stereocenters. The Kier molecular flexibility index (Phi) is 3.43. The van der Waals surface area contributed by atoms with E-state index in [1.54, 1.807) is 18.3 Å². The van der Waals surface area contributed by atoms with Crippen LogP contribution in [0.25, 0.3) is 11.3 Å². The van der Waals surface area contributed by atoms with Gasteiger partial charge < -0.3 is 0 Å². The Balaban J connectivity index is 2.60. The summed E-state index contributed by atoms with van der Waals surface area (Å²) in [6.45, 7) is 6.05. The van der Waals surface area contributed by atoms with Crippen molar-refractivity contribution in [3.05, 3.63) is 40.8 Å². The van der Waals surface area contributed by atoms with Gasteiger partial charge in [0.15, 0.2) is 5.82 Å². The first kappa shape index (κ1) is 13.1. The fourth-order valence-electron chi connectivity index (χ4n) is 1.47. The van der Waals surface area contributed by atoms with Gasteiger partial charge in [-0.2, -0.15) is 0 Å². The quantitative estimate of drug-likeness (QED) is 0.753. The second-order valence-electron chi connectivity index (χ2n) is 5.01. The van der Waals surface area contributed by atoms with E-state index in [4.69, 9.17) is 0 Å². The summed E-state index contributed by atoms with van der Waals surface area (Å²) < 4.78 is 14.3. The Morgan fingerprint density at radius 3 is 2.56 bits per heavy atom. The van der Waals surface area contributed by atoms with Crippen LogP contribution in [0.2, 0.25) is 0 Å². The van der Waals surface area contributed by atoms with Crippen LogP contribution >= 0.6 is 15.9 Å². The summed E-state index contributed by atoms with van der Waals surface area (Å²) in [6, 6.07) is 3.31. The fourth-order valence-corrected chi connectivity index (χ4v) is 1.86. The zero-order valence-electron chi connectivity index (χ0n) is 10.4. The van der Waals surface area contributed by atoms with Crippen LogP contribution in [-0.2, 0) is 5.41 Å². The minimum atomic E-state index is -0.386. The maximum absolute atomic E-state index is 13.7. The maximum atomic E-state index is 13.7. The fraction of sp³-hybridized carbons (Fsp3) is 0.308. The first-order chi connectivity index (χ1) is 8.38. The molecule has 2 aromatic heterocycles. The van der Waals surface area contributed by atoms with Crippen LogP contribution in [0.1, 0.15) is 26.6 Å². The highest BCUT2D eigenvalue weighted by atomic mass is 79.9. The molecule has 0 radical (unpaired) electrons. The van der Waals surface area contributed by atoms with Gasteiger partial charge in [-0.05, 0) is 28.1 Å². The van der Waals surface area contributed by atoms with E-state index in [0.717, 1.165) is 0 Å². The summed E-state index contributed by atoms with van der Waals surface area (Å²) in [6.07, 6.45) is 2.73. The lowest BCUT2D eigenvalue weighted by molar-refractivity contribution is 0.543. The van der Waals surface area contributed by atoms with E-state index in [-0.39, 0.29) is 11.2 Å². The molecule has 0 fully saturated rings. The first-order valence-corrected chi connectivity index (χ1v) is 6.32. The van der Waals surface area contributed by atoms with E-state index in [2.05, 4.69) is 30.9 Å². The maximum Gasteiger partial charge on any atom is 0.150 e. The second kappa shape index (κ2) is 4.72. The molecule has 0 aliphatic rings. The largest absolute Gasteiger partial charge is 0.262 e. The smallest absolute Gasteiger partial charge is 0.150 e. The van der Waals surface area contributed by atoms with Crippen molar-refractivity contribution in [2.75, 3.05) is 0 Å². The summed E-state index contributed by atoms with van der Waals surface area (Å²) in [4.78, 5) is 12.5. The molecule has 0 saturated carbocycles. The molecule has 0 spiro atoms. The van der Waals surface area contributed by atoms with Gasteiger partial charge in [-0.3, -0.25) is 4.98 Å². The summed E-state index contributed by atoms with van der Waals surface area (Å²) in [5.74, 6) is 0.283. The van der Waals surface area contributed by atoms with Crippen molar-refractivity contribution in [3.63, 3.8) is 0 Å². The van der Waals surface area contributed by atoms with Crippen molar-refractivity contribution in [1.82, 2.24) is 15.0 Å². The predicted octanol–water partition coefficient (Wildman–Crippen LogP) is 3.74. The minimum absolute atomic E-state index is 0.192. The highest BCUT2D eigenvalue weighted by molar-refractivity contribution is 9.10. The van der Waals surface area contributed by atoms with Crippen molar-refractivity contribution in [3.8, 4) is 11.3 Å². The number of nitrogens with zero attached hydrogens (tertiary/aromatic N) is 3. The molecule has 0 saturated heterocycles. The van der Waals surface area contributed by atoms with Gasteiger partial charge in [0, 0.05) is 17.2 Å². The van der Waals surface area contributed by atoms with Gasteiger partial charge >= 0.3 is 0 Å². The van der Waals surface area contributed by atoms with Crippen LogP contribution in [-0.4, -0.2) is 15.0 Å². The lowest BCUT2D eigenvalue weighted by Gasteiger charge is -2.17. The first-order valence-electron chi connectivity index (χ1n) is 5.53. The third kappa shape index (κ3) is 2.72. The molecule has 0 N–H and O–H groups in total. The average Bonchev–Trinajstić information content (AvgIpc) is 2.27. The van der Waals surface area contributed by atoms with Crippen molar-refractivity contribution >= 4 is 15.9 Å². The van der Waals surface area contributed by atoms with Crippen molar-refractivity contribution in [1.29, 1.82) is 0 Å². The van der Waals surface area contributed by atoms with Crippen LogP contribution in [0.15, 0.2) is 29.1 Å². The molecule has 2 rings (SSSR count). The van der Waals surface area contributed by atoms with E-state index in [1.165, 1.54) is 6.20 Å². The van der Waals surface area contributed by atoms with Gasteiger partial charge in [0.2, 0.25) is 0 Å². The molecule has 0 aromatic carbocycles. The lowest BCUT2D eigenvalue weighted by atomic mass is 9.95. The number of hydrogen-bond donors (Lipinski definition) is 0. The summed E-state index contributed by atoms with van der Waals surface area (Å²) >= 11 is 3.34. The Hall–Kier alpha value is -1.36. The molecule has 0 aliphatic heterocycles. The van der Waals surface area contributed by atoms with Crippen LogP contribution in [0.4, 0.5) is 4.39 Å². The van der Waals surface area contributed by atoms with Crippen LogP contribution in [0.3, 0.4) is 0 Å². The van der Waals surface area contributed by atoms with Gasteiger partial charge in [0.05, 0.1) is 11.9 Å². The van der Waals surface area contributed by atoms with Crippen molar-refractivity contribution in [2.24, 2.45) is 0 Å². The van der Waals surface area contributed by atoms with Crippen LogP contribution in [0, 0.1) is 5.82 Å². The van der Waals surface area contributed by atoms with Crippen LogP contribution < -0.4 is 0 Å². The third-order valence-corrected chi connectivity index (χ3v) is 2.82. The minimum Gasteiger partial charge on any atom is -0.262 e. The summed E-state index contributed by atoms with van der Waals surface area (Å²) in [5, 5.41) is 0. The van der Waals surface area contributed by atoms with Crippen molar-refractivity contribution < 1.29 is 4.39 Å². The highest BCUT2D eigenvalue weighted by Crippen LogP contribution is 2.26. The van der Waals surface area contributed by atoms with E-state index < -0.39 is 0 Å². The number of rotatable bonds is 1. The van der Waals surface area contributed by atoms with E-state index in [1.807, 2.05) is 20.8 Å². The molecule has 94 valence electrons. The van der Waals surface area contributed by atoms with Gasteiger partial charge in [0.1, 0.15) is 10.4 Å².